The molecule has 1 heterocycles. The van der Waals surface area contributed by atoms with Crippen molar-refractivity contribution in [2.45, 2.75) is 13.3 Å². The Morgan fingerprint density at radius 2 is 2.21 bits per heavy atom. The van der Waals surface area contributed by atoms with Gasteiger partial charge in [0.1, 0.15) is 5.82 Å². The fourth-order valence-corrected chi connectivity index (χ4v) is 1.68. The quantitative estimate of drug-likeness (QED) is 0.912. The van der Waals surface area contributed by atoms with Crippen molar-refractivity contribution in [2.24, 2.45) is 0 Å². The lowest BCUT2D eigenvalue weighted by atomic mass is 10.2. The van der Waals surface area contributed by atoms with E-state index >= 15 is 0 Å². The molecular weight excluding hydrogens is 251 g/mol. The van der Waals surface area contributed by atoms with Crippen LogP contribution in [0.4, 0.5) is 4.39 Å². The lowest BCUT2D eigenvalue weighted by Crippen LogP contribution is -2.24. The van der Waals surface area contributed by atoms with Crippen LogP contribution in [-0.2, 0) is 6.42 Å². The zero-order valence-corrected chi connectivity index (χ0v) is 10.1. The fraction of sp³-hybridized carbons (Fsp3) is 0.154. The number of hydrogen-bond acceptors (Lipinski definition) is 3. The lowest BCUT2D eigenvalue weighted by molar-refractivity contribution is 0.0686. The third-order valence-corrected chi connectivity index (χ3v) is 2.65. The van der Waals surface area contributed by atoms with Crippen molar-refractivity contribution in [3.05, 3.63) is 57.8 Å². The van der Waals surface area contributed by atoms with Crippen molar-refractivity contribution in [1.29, 1.82) is 0 Å². The number of aromatic carboxylic acids is 1. The summed E-state index contributed by atoms with van der Waals surface area (Å²) in [4.78, 5) is 22.8. The maximum atomic E-state index is 13.2. The molecule has 0 aliphatic carbocycles. The van der Waals surface area contributed by atoms with Crippen LogP contribution in [0, 0.1) is 5.82 Å². The summed E-state index contributed by atoms with van der Waals surface area (Å²) >= 11 is 0. The Morgan fingerprint density at radius 1 is 1.47 bits per heavy atom. The van der Waals surface area contributed by atoms with Crippen molar-refractivity contribution < 1.29 is 14.3 Å². The van der Waals surface area contributed by atoms with Crippen LogP contribution >= 0.6 is 0 Å². The van der Waals surface area contributed by atoms with Gasteiger partial charge in [0.15, 0.2) is 0 Å². The Balaban J connectivity index is 2.68. The Bertz CT molecular complexity index is 695. The first kappa shape index (κ1) is 12.9. The molecule has 0 amide bonds. The molecule has 1 aromatic heterocycles. The van der Waals surface area contributed by atoms with Crippen LogP contribution in [0.25, 0.3) is 5.69 Å². The van der Waals surface area contributed by atoms with E-state index in [4.69, 9.17) is 5.11 Å². The van der Waals surface area contributed by atoms with E-state index in [0.29, 0.717) is 17.7 Å². The molecule has 5 nitrogen and oxygen atoms in total. The summed E-state index contributed by atoms with van der Waals surface area (Å²) in [5.74, 6) is -1.86. The average Bonchev–Trinajstić information content (AvgIpc) is 2.38. The van der Waals surface area contributed by atoms with E-state index in [9.17, 15) is 14.0 Å². The zero-order chi connectivity index (χ0) is 14.0. The van der Waals surface area contributed by atoms with Crippen LogP contribution in [0.5, 0.6) is 0 Å². The van der Waals surface area contributed by atoms with Gasteiger partial charge in [0.25, 0.3) is 0 Å². The summed E-state index contributed by atoms with van der Waals surface area (Å²) in [5, 5.41) is 12.7. The number of rotatable bonds is 3. The molecule has 2 aromatic rings. The SMILES string of the molecule is CCc1cn(-c2cccc(F)c2)nc(C(=O)O)c1=O. The predicted molar refractivity (Wildman–Crippen MR) is 66.1 cm³/mol. The largest absolute Gasteiger partial charge is 0.476 e. The first-order chi connectivity index (χ1) is 9.02. The van der Waals surface area contributed by atoms with E-state index in [0.717, 1.165) is 0 Å². The van der Waals surface area contributed by atoms with Gasteiger partial charge in [-0.1, -0.05) is 13.0 Å². The van der Waals surface area contributed by atoms with Gasteiger partial charge in [0.05, 0.1) is 5.69 Å². The standard InChI is InChI=1S/C13H11FN2O3/c1-2-8-7-16(10-5-3-4-9(14)6-10)15-11(12(8)17)13(18)19/h3-7H,2H2,1H3,(H,18,19). The highest BCUT2D eigenvalue weighted by molar-refractivity contribution is 5.85. The first-order valence-electron chi connectivity index (χ1n) is 5.65. The van der Waals surface area contributed by atoms with Crippen LogP contribution in [0.3, 0.4) is 0 Å². The number of aromatic nitrogens is 2. The van der Waals surface area contributed by atoms with Gasteiger partial charge < -0.3 is 5.11 Å². The molecule has 98 valence electrons. The summed E-state index contributed by atoms with van der Waals surface area (Å²) in [6.07, 6.45) is 1.79. The summed E-state index contributed by atoms with van der Waals surface area (Å²) in [6.45, 7) is 1.73. The molecule has 0 spiro atoms. The minimum atomic E-state index is -1.40. The molecule has 0 bridgehead atoms. The second-order valence-corrected chi connectivity index (χ2v) is 3.92. The molecular formula is C13H11FN2O3. The molecule has 0 aliphatic heterocycles. The van der Waals surface area contributed by atoms with Gasteiger partial charge in [-0.05, 0) is 24.6 Å². The molecule has 0 fully saturated rings. The smallest absolute Gasteiger partial charge is 0.360 e. The predicted octanol–water partition coefficient (Wildman–Crippen LogP) is 1.63. The monoisotopic (exact) mass is 262 g/mol. The van der Waals surface area contributed by atoms with Gasteiger partial charge >= 0.3 is 5.97 Å². The minimum Gasteiger partial charge on any atom is -0.476 e. The normalized spacial score (nSPS) is 10.4. The maximum absolute atomic E-state index is 13.2. The Labute approximate surface area is 107 Å². The van der Waals surface area contributed by atoms with Gasteiger partial charge in [-0.3, -0.25) is 4.79 Å². The third-order valence-electron chi connectivity index (χ3n) is 2.65. The van der Waals surface area contributed by atoms with Gasteiger partial charge in [-0.15, -0.1) is 0 Å². The van der Waals surface area contributed by atoms with Crippen LogP contribution in [-0.4, -0.2) is 20.9 Å². The van der Waals surface area contributed by atoms with E-state index in [1.165, 1.54) is 29.1 Å². The molecule has 1 N–H and O–H groups in total. The first-order valence-corrected chi connectivity index (χ1v) is 5.65. The maximum Gasteiger partial charge on any atom is 0.360 e. The summed E-state index contributed by atoms with van der Waals surface area (Å²) in [5.41, 5.74) is -0.500. The average molecular weight is 262 g/mol. The van der Waals surface area contributed by atoms with Gasteiger partial charge in [0.2, 0.25) is 11.1 Å². The molecule has 0 saturated carbocycles. The minimum absolute atomic E-state index is 0.316. The molecule has 0 saturated heterocycles. The highest BCUT2D eigenvalue weighted by Gasteiger charge is 2.15. The van der Waals surface area contributed by atoms with Crippen LogP contribution < -0.4 is 5.43 Å². The van der Waals surface area contributed by atoms with E-state index in [2.05, 4.69) is 5.10 Å². The molecule has 0 unspecified atom stereocenters. The molecule has 2 rings (SSSR count). The highest BCUT2D eigenvalue weighted by Crippen LogP contribution is 2.09. The van der Waals surface area contributed by atoms with Crippen LogP contribution in [0.2, 0.25) is 0 Å². The fourth-order valence-electron chi connectivity index (χ4n) is 1.68. The number of carboxylic acid groups (broad SMARTS) is 1. The number of aryl methyl sites for hydroxylation is 1. The Kier molecular flexibility index (Phi) is 3.41. The number of benzene rings is 1. The third kappa shape index (κ3) is 2.52. The number of hydrogen-bond donors (Lipinski definition) is 1. The molecule has 6 heteroatoms. The number of carbonyl (C=O) groups is 1. The molecule has 19 heavy (non-hydrogen) atoms. The lowest BCUT2D eigenvalue weighted by Gasteiger charge is -2.08. The van der Waals surface area contributed by atoms with Crippen LogP contribution in [0.15, 0.2) is 35.3 Å². The highest BCUT2D eigenvalue weighted by atomic mass is 19.1. The van der Waals surface area contributed by atoms with Gasteiger partial charge in [-0.25, -0.2) is 13.9 Å². The van der Waals surface area contributed by atoms with E-state index in [1.54, 1.807) is 13.0 Å². The summed E-state index contributed by atoms with van der Waals surface area (Å²) in [7, 11) is 0. The van der Waals surface area contributed by atoms with E-state index in [-0.39, 0.29) is 0 Å². The molecule has 0 aliphatic rings. The molecule has 0 radical (unpaired) electrons. The van der Waals surface area contributed by atoms with Gasteiger partial charge in [-0.2, -0.15) is 5.10 Å². The topological polar surface area (TPSA) is 72.2 Å². The summed E-state index contributed by atoms with van der Waals surface area (Å²) in [6, 6.07) is 5.54. The van der Waals surface area contributed by atoms with Gasteiger partial charge in [0, 0.05) is 11.8 Å². The number of carboxylic acids is 1. The van der Waals surface area contributed by atoms with Crippen molar-refractivity contribution in [1.82, 2.24) is 9.78 Å². The Morgan fingerprint density at radius 3 is 2.79 bits per heavy atom. The molecule has 0 atom stereocenters. The Hall–Kier alpha value is -2.50. The molecule has 1 aromatic carbocycles. The van der Waals surface area contributed by atoms with Crippen molar-refractivity contribution in [2.75, 3.05) is 0 Å². The number of nitrogens with zero attached hydrogens (tertiary/aromatic N) is 2. The zero-order valence-electron chi connectivity index (χ0n) is 10.1. The second kappa shape index (κ2) is 5.01. The van der Waals surface area contributed by atoms with Crippen molar-refractivity contribution in [3.63, 3.8) is 0 Å². The van der Waals surface area contributed by atoms with E-state index < -0.39 is 22.9 Å². The summed E-state index contributed by atoms with van der Waals surface area (Å²) < 4.78 is 14.4. The van der Waals surface area contributed by atoms with Crippen molar-refractivity contribution in [3.8, 4) is 5.69 Å². The second-order valence-electron chi connectivity index (χ2n) is 3.92. The van der Waals surface area contributed by atoms with Crippen LogP contribution in [0.1, 0.15) is 23.0 Å². The van der Waals surface area contributed by atoms with Crippen molar-refractivity contribution >= 4 is 5.97 Å². The number of halogens is 1. The van der Waals surface area contributed by atoms with E-state index in [1.807, 2.05) is 0 Å².